The highest BCUT2D eigenvalue weighted by Crippen LogP contribution is 2.28. The lowest BCUT2D eigenvalue weighted by molar-refractivity contribution is 0.238. The lowest BCUT2D eigenvalue weighted by atomic mass is 10.2. The third-order valence-electron chi connectivity index (χ3n) is 3.26. The van der Waals surface area contributed by atoms with E-state index in [2.05, 4.69) is 46.4 Å². The zero-order valence-corrected chi connectivity index (χ0v) is 10.2. The maximum atomic E-state index is 6.23. The van der Waals surface area contributed by atoms with Gasteiger partial charge in [0.15, 0.2) is 0 Å². The molecule has 0 amide bonds. The van der Waals surface area contributed by atoms with E-state index in [0.717, 1.165) is 18.8 Å². The number of benzene rings is 2. The maximum absolute atomic E-state index is 6.23. The standard InChI is InChI=1S/C15H17N3/c16-15(14-9-5-2-6-10-14)18-12-17(18)11-13-7-3-1-4-8-13/h1-10,15H,11-12,16H2/t15?,17-,18-/m1/s1. The van der Waals surface area contributed by atoms with E-state index >= 15 is 0 Å². The van der Waals surface area contributed by atoms with Crippen molar-refractivity contribution in [3.8, 4) is 0 Å². The lowest BCUT2D eigenvalue weighted by Gasteiger charge is -2.14. The van der Waals surface area contributed by atoms with Crippen molar-refractivity contribution in [2.45, 2.75) is 12.7 Å². The molecule has 1 saturated heterocycles. The van der Waals surface area contributed by atoms with Crippen molar-refractivity contribution in [2.24, 2.45) is 5.73 Å². The Morgan fingerprint density at radius 2 is 1.56 bits per heavy atom. The van der Waals surface area contributed by atoms with Crippen LogP contribution in [-0.4, -0.2) is 16.7 Å². The summed E-state index contributed by atoms with van der Waals surface area (Å²) >= 11 is 0. The quantitative estimate of drug-likeness (QED) is 0.831. The lowest BCUT2D eigenvalue weighted by Crippen LogP contribution is -2.22. The van der Waals surface area contributed by atoms with E-state index in [-0.39, 0.29) is 6.17 Å². The van der Waals surface area contributed by atoms with Crippen LogP contribution in [0.5, 0.6) is 0 Å². The molecule has 1 aliphatic heterocycles. The first-order chi connectivity index (χ1) is 8.84. The molecule has 0 saturated carbocycles. The SMILES string of the molecule is NC(c1ccccc1)[N@@]1C[N@@]1Cc1ccccc1. The van der Waals surface area contributed by atoms with Gasteiger partial charge in [0.25, 0.3) is 0 Å². The van der Waals surface area contributed by atoms with Crippen molar-refractivity contribution in [1.29, 1.82) is 0 Å². The van der Waals surface area contributed by atoms with Crippen LogP contribution in [-0.2, 0) is 6.54 Å². The van der Waals surface area contributed by atoms with Gasteiger partial charge < -0.3 is 5.73 Å². The second-order valence-corrected chi connectivity index (χ2v) is 4.59. The van der Waals surface area contributed by atoms with Gasteiger partial charge in [0.05, 0.1) is 12.8 Å². The zero-order chi connectivity index (χ0) is 12.4. The summed E-state index contributed by atoms with van der Waals surface area (Å²) in [4.78, 5) is 0. The summed E-state index contributed by atoms with van der Waals surface area (Å²) in [7, 11) is 0. The Morgan fingerprint density at radius 3 is 2.22 bits per heavy atom. The second-order valence-electron chi connectivity index (χ2n) is 4.59. The van der Waals surface area contributed by atoms with E-state index in [1.165, 1.54) is 5.56 Å². The molecule has 2 aromatic rings. The van der Waals surface area contributed by atoms with Crippen LogP contribution in [0.25, 0.3) is 0 Å². The summed E-state index contributed by atoms with van der Waals surface area (Å²) in [5.41, 5.74) is 8.71. The summed E-state index contributed by atoms with van der Waals surface area (Å²) in [5, 5.41) is 4.44. The van der Waals surface area contributed by atoms with E-state index in [9.17, 15) is 0 Å². The molecule has 1 heterocycles. The first-order valence-electron chi connectivity index (χ1n) is 6.20. The molecular formula is C15H17N3. The molecule has 18 heavy (non-hydrogen) atoms. The Bertz CT molecular complexity index is 498. The van der Waals surface area contributed by atoms with Gasteiger partial charge in [0.2, 0.25) is 0 Å². The molecule has 2 N–H and O–H groups in total. The predicted octanol–water partition coefficient (Wildman–Crippen LogP) is 2.33. The Labute approximate surface area is 107 Å². The number of hydrogen-bond donors (Lipinski definition) is 1. The average Bonchev–Trinajstić information content (AvgIpc) is 3.19. The number of rotatable bonds is 4. The molecular weight excluding hydrogens is 222 g/mol. The Hall–Kier alpha value is -1.68. The minimum Gasteiger partial charge on any atom is -0.311 e. The fourth-order valence-corrected chi connectivity index (χ4v) is 2.16. The van der Waals surface area contributed by atoms with E-state index in [0.29, 0.717) is 0 Å². The number of nitrogens with two attached hydrogens (primary N) is 1. The van der Waals surface area contributed by atoms with Gasteiger partial charge in [-0.25, -0.2) is 10.0 Å². The Balaban J connectivity index is 1.61. The fraction of sp³-hybridized carbons (Fsp3) is 0.200. The van der Waals surface area contributed by atoms with Gasteiger partial charge in [0.1, 0.15) is 0 Å². The molecule has 3 rings (SSSR count). The van der Waals surface area contributed by atoms with Crippen molar-refractivity contribution in [3.63, 3.8) is 0 Å². The minimum atomic E-state index is -0.0325. The van der Waals surface area contributed by atoms with Crippen LogP contribution in [0.2, 0.25) is 0 Å². The highest BCUT2D eigenvalue weighted by molar-refractivity contribution is 5.19. The van der Waals surface area contributed by atoms with Gasteiger partial charge in [-0.1, -0.05) is 60.7 Å². The van der Waals surface area contributed by atoms with Crippen LogP contribution in [0.15, 0.2) is 60.7 Å². The van der Waals surface area contributed by atoms with Crippen molar-refractivity contribution >= 4 is 0 Å². The first-order valence-corrected chi connectivity index (χ1v) is 6.20. The maximum Gasteiger partial charge on any atom is 0.0985 e. The van der Waals surface area contributed by atoms with Gasteiger partial charge in [-0.15, -0.1) is 0 Å². The van der Waals surface area contributed by atoms with Crippen LogP contribution in [0.1, 0.15) is 17.3 Å². The summed E-state index contributed by atoms with van der Waals surface area (Å²) in [6.45, 7) is 1.87. The molecule has 0 spiro atoms. The highest BCUT2D eigenvalue weighted by atomic mass is 15.8. The van der Waals surface area contributed by atoms with Crippen LogP contribution >= 0.6 is 0 Å². The first kappa shape index (κ1) is 11.4. The summed E-state index contributed by atoms with van der Waals surface area (Å²) in [6.07, 6.45) is -0.0325. The van der Waals surface area contributed by atoms with Gasteiger partial charge in [-0.3, -0.25) is 0 Å². The smallest absolute Gasteiger partial charge is 0.0985 e. The monoisotopic (exact) mass is 239 g/mol. The third kappa shape index (κ3) is 2.43. The van der Waals surface area contributed by atoms with Crippen LogP contribution in [0.4, 0.5) is 0 Å². The van der Waals surface area contributed by atoms with E-state index in [1.54, 1.807) is 0 Å². The van der Waals surface area contributed by atoms with Crippen LogP contribution in [0, 0.1) is 0 Å². The molecule has 3 nitrogen and oxygen atoms in total. The second kappa shape index (κ2) is 4.90. The average molecular weight is 239 g/mol. The van der Waals surface area contributed by atoms with Crippen molar-refractivity contribution < 1.29 is 0 Å². The summed E-state index contributed by atoms with van der Waals surface area (Å²) < 4.78 is 0. The van der Waals surface area contributed by atoms with Crippen molar-refractivity contribution in [2.75, 3.05) is 6.67 Å². The molecule has 3 heteroatoms. The molecule has 3 atom stereocenters. The molecule has 0 radical (unpaired) electrons. The van der Waals surface area contributed by atoms with E-state index in [1.807, 2.05) is 24.3 Å². The molecule has 1 aliphatic rings. The molecule has 92 valence electrons. The topological polar surface area (TPSA) is 32.0 Å². The molecule has 0 aromatic heterocycles. The zero-order valence-electron chi connectivity index (χ0n) is 10.2. The van der Waals surface area contributed by atoms with E-state index in [4.69, 9.17) is 5.73 Å². The van der Waals surface area contributed by atoms with Gasteiger partial charge in [0, 0.05) is 6.54 Å². The molecule has 2 aromatic carbocycles. The molecule has 0 aliphatic carbocycles. The predicted molar refractivity (Wildman–Crippen MR) is 72.1 cm³/mol. The number of hydrogen-bond acceptors (Lipinski definition) is 3. The molecule has 1 unspecified atom stereocenters. The van der Waals surface area contributed by atoms with Crippen molar-refractivity contribution in [3.05, 3.63) is 71.8 Å². The van der Waals surface area contributed by atoms with Crippen LogP contribution < -0.4 is 5.73 Å². The molecule has 0 bridgehead atoms. The summed E-state index contributed by atoms with van der Waals surface area (Å²) in [5.74, 6) is 0. The molecule has 1 fully saturated rings. The number of hydrazine groups is 1. The van der Waals surface area contributed by atoms with Crippen molar-refractivity contribution in [1.82, 2.24) is 10.0 Å². The van der Waals surface area contributed by atoms with Crippen LogP contribution in [0.3, 0.4) is 0 Å². The third-order valence-corrected chi connectivity index (χ3v) is 3.26. The fourth-order valence-electron chi connectivity index (χ4n) is 2.16. The largest absolute Gasteiger partial charge is 0.311 e. The van der Waals surface area contributed by atoms with Gasteiger partial charge in [-0.05, 0) is 11.1 Å². The van der Waals surface area contributed by atoms with E-state index < -0.39 is 0 Å². The minimum absolute atomic E-state index is 0.0325. The Kier molecular flexibility index (Phi) is 3.11. The highest BCUT2D eigenvalue weighted by Gasteiger charge is 2.36. The summed E-state index contributed by atoms with van der Waals surface area (Å²) in [6, 6.07) is 20.7. The Morgan fingerprint density at radius 1 is 0.944 bits per heavy atom. The van der Waals surface area contributed by atoms with Gasteiger partial charge >= 0.3 is 0 Å². The van der Waals surface area contributed by atoms with Gasteiger partial charge in [-0.2, -0.15) is 0 Å². The normalized spacial score (nSPS) is 23.6. The number of nitrogens with zero attached hydrogens (tertiary/aromatic N) is 2.